The van der Waals surface area contributed by atoms with E-state index in [-0.39, 0.29) is 43.5 Å². The number of pyridine rings is 1. The normalized spacial score (nSPS) is 13.4. The summed E-state index contributed by atoms with van der Waals surface area (Å²) in [6, 6.07) is 17.0. The van der Waals surface area contributed by atoms with Gasteiger partial charge in [0.05, 0.1) is 17.8 Å². The molecule has 17 heteroatoms. The van der Waals surface area contributed by atoms with Crippen LogP contribution in [-0.2, 0) is 20.1 Å². The molecule has 0 unspecified atom stereocenters. The Hall–Kier alpha value is -5.06. The lowest BCUT2D eigenvalue weighted by Crippen LogP contribution is -2.54. The van der Waals surface area contributed by atoms with Gasteiger partial charge in [0.1, 0.15) is 63.6 Å². The van der Waals surface area contributed by atoms with Crippen LogP contribution in [0.5, 0.6) is 5.75 Å². The Kier molecular flexibility index (Phi) is 17.0. The molecule has 4 aromatic rings. The highest BCUT2D eigenvalue weighted by Gasteiger charge is 2.33. The number of nitriles is 2. The van der Waals surface area contributed by atoms with Crippen LogP contribution in [0.3, 0.4) is 0 Å². The fourth-order valence-electron chi connectivity index (χ4n) is 6.42. The number of nitrogens with one attached hydrogen (secondary N) is 1. The van der Waals surface area contributed by atoms with Gasteiger partial charge in [-0.25, -0.2) is 19.6 Å². The molecule has 13 nitrogen and oxygen atoms in total. The van der Waals surface area contributed by atoms with Crippen molar-refractivity contribution < 1.29 is 29.0 Å². The van der Waals surface area contributed by atoms with Crippen molar-refractivity contribution in [3.8, 4) is 39.6 Å². The number of carboxylic acid groups (broad SMARTS) is 1. The number of carboxylic acids is 1. The van der Waals surface area contributed by atoms with E-state index in [2.05, 4.69) is 22.4 Å². The number of aliphatic carboxylic acids is 1. The summed E-state index contributed by atoms with van der Waals surface area (Å²) in [6.45, 7) is 11.8. The number of ether oxygens (including phenoxy) is 2. The van der Waals surface area contributed by atoms with Crippen LogP contribution in [0.15, 0.2) is 58.9 Å². The molecule has 2 amide bonds. The number of carbonyl (C=O) groups excluding carboxylic acids is 2. The highest BCUT2D eigenvalue weighted by molar-refractivity contribution is 7.98. The van der Waals surface area contributed by atoms with Crippen LogP contribution < -0.4 is 15.0 Å². The molecular formula is C43H49Cl2N7O6S2. The highest BCUT2D eigenvalue weighted by atomic mass is 35.5. The molecule has 1 fully saturated rings. The molecule has 0 spiro atoms. The zero-order valence-electron chi connectivity index (χ0n) is 34.4. The second kappa shape index (κ2) is 21.5. The van der Waals surface area contributed by atoms with Gasteiger partial charge in [-0.1, -0.05) is 61.5 Å². The second-order valence-corrected chi connectivity index (χ2v) is 17.7. The van der Waals surface area contributed by atoms with E-state index in [4.69, 9.17) is 31.0 Å². The molecule has 3 heterocycles. The first-order valence-corrected chi connectivity index (χ1v) is 21.5. The molecule has 0 radical (unpaired) electrons. The van der Waals surface area contributed by atoms with Gasteiger partial charge in [0.2, 0.25) is 5.91 Å². The predicted molar refractivity (Wildman–Crippen MR) is 237 cm³/mol. The molecule has 2 aromatic carbocycles. The maximum absolute atomic E-state index is 13.3. The van der Waals surface area contributed by atoms with E-state index in [0.717, 1.165) is 42.2 Å². The topological polar surface area (TPSA) is 182 Å². The number of carbonyl (C=O) groups is 3. The van der Waals surface area contributed by atoms with Crippen molar-refractivity contribution in [3.63, 3.8) is 0 Å². The largest absolute Gasteiger partial charge is 0.492 e. The summed E-state index contributed by atoms with van der Waals surface area (Å²) in [4.78, 5) is 51.4. The van der Waals surface area contributed by atoms with Crippen LogP contribution in [0.1, 0.15) is 77.6 Å². The third kappa shape index (κ3) is 12.5. The lowest BCUT2D eigenvalue weighted by atomic mass is 9.96. The van der Waals surface area contributed by atoms with E-state index < -0.39 is 35.7 Å². The Morgan fingerprint density at radius 1 is 1.00 bits per heavy atom. The fourth-order valence-corrected chi connectivity index (χ4v) is 8.36. The quantitative estimate of drug-likeness (QED) is 0.102. The maximum Gasteiger partial charge on any atom is 0.411 e. The summed E-state index contributed by atoms with van der Waals surface area (Å²) in [6.07, 6.45) is 1.42. The molecule has 318 valence electrons. The Labute approximate surface area is 370 Å². The molecule has 1 aliphatic rings. The predicted octanol–water partition coefficient (Wildman–Crippen LogP) is 9.20. The van der Waals surface area contributed by atoms with Crippen molar-refractivity contribution in [2.75, 3.05) is 31.1 Å². The molecule has 5 rings (SSSR count). The third-order valence-electron chi connectivity index (χ3n) is 9.31. The number of aromatic nitrogens is 2. The van der Waals surface area contributed by atoms with Gasteiger partial charge < -0.3 is 24.8 Å². The van der Waals surface area contributed by atoms with Crippen molar-refractivity contribution in [3.05, 3.63) is 75.8 Å². The van der Waals surface area contributed by atoms with Crippen molar-refractivity contribution >= 4 is 70.9 Å². The van der Waals surface area contributed by atoms with Gasteiger partial charge in [-0.3, -0.25) is 9.69 Å². The van der Waals surface area contributed by atoms with Crippen LogP contribution in [0.25, 0.3) is 21.7 Å². The Bertz CT molecular complexity index is 2210. The summed E-state index contributed by atoms with van der Waals surface area (Å²) in [5, 5.41) is 37.3. The molecule has 1 aliphatic heterocycles. The van der Waals surface area contributed by atoms with E-state index in [0.29, 0.717) is 44.1 Å². The maximum atomic E-state index is 13.3. The van der Waals surface area contributed by atoms with E-state index in [1.165, 1.54) is 34.9 Å². The number of thioether (sulfide) groups is 1. The highest BCUT2D eigenvalue weighted by Crippen LogP contribution is 2.40. The average Bonchev–Trinajstić information content (AvgIpc) is 3.91. The van der Waals surface area contributed by atoms with E-state index >= 15 is 0 Å². The van der Waals surface area contributed by atoms with E-state index in [1.54, 1.807) is 45.0 Å². The summed E-state index contributed by atoms with van der Waals surface area (Å²) in [7, 11) is 0. The number of hydrogen-bond donors (Lipinski definition) is 2. The number of amides is 2. The van der Waals surface area contributed by atoms with Crippen molar-refractivity contribution in [2.24, 2.45) is 5.92 Å². The van der Waals surface area contributed by atoms with Gasteiger partial charge in [0, 0.05) is 40.4 Å². The summed E-state index contributed by atoms with van der Waals surface area (Å²) in [5.41, 5.74) is 2.66. The minimum Gasteiger partial charge on any atom is -0.492 e. The minimum atomic E-state index is -1.16. The van der Waals surface area contributed by atoms with Crippen molar-refractivity contribution in [2.45, 2.75) is 89.3 Å². The van der Waals surface area contributed by atoms with E-state index in [9.17, 15) is 30.0 Å². The van der Waals surface area contributed by atoms with Crippen LogP contribution in [0.4, 0.5) is 10.6 Å². The van der Waals surface area contributed by atoms with Crippen molar-refractivity contribution in [1.29, 1.82) is 10.5 Å². The van der Waals surface area contributed by atoms with Gasteiger partial charge in [0.15, 0.2) is 0 Å². The molecule has 1 saturated heterocycles. The fraction of sp³-hybridized carbons (Fsp3) is 0.419. The van der Waals surface area contributed by atoms with Gasteiger partial charge >= 0.3 is 12.1 Å². The number of nitrogens with zero attached hydrogens (tertiary/aromatic N) is 6. The molecule has 0 aliphatic carbocycles. The molecule has 2 aromatic heterocycles. The number of benzene rings is 2. The third-order valence-corrected chi connectivity index (χ3v) is 11.5. The second-order valence-electron chi connectivity index (χ2n) is 15.5. The number of rotatable bonds is 16. The van der Waals surface area contributed by atoms with Crippen LogP contribution in [0.2, 0.25) is 5.02 Å². The van der Waals surface area contributed by atoms with Crippen LogP contribution in [0, 0.1) is 28.6 Å². The SMILES string of the molecule is CC(C)C[C@H](NC(=O)[C@H](C)N(CCOc1ccc(-c2c(C#N)c(SCc3csc(-c4ccc(Cl)cc4)n3)nc(N3CCCC3)c2C#N)cc1)C(=O)OC(C)(C)C)C(=O)O.Cl. The first kappa shape index (κ1) is 47.6. The number of thiazole rings is 1. The Morgan fingerprint density at radius 2 is 1.63 bits per heavy atom. The molecule has 2 atom stereocenters. The molecule has 60 heavy (non-hydrogen) atoms. The Balaban J connectivity index is 0.00000794. The Morgan fingerprint density at radius 3 is 2.22 bits per heavy atom. The van der Waals surface area contributed by atoms with Gasteiger partial charge in [0.25, 0.3) is 0 Å². The zero-order chi connectivity index (χ0) is 42.9. The molecule has 0 bridgehead atoms. The molecular weight excluding hydrogens is 846 g/mol. The summed E-state index contributed by atoms with van der Waals surface area (Å²) >= 11 is 9.00. The summed E-state index contributed by atoms with van der Waals surface area (Å²) < 4.78 is 11.6. The average molecular weight is 895 g/mol. The number of halogens is 2. The number of hydrogen-bond acceptors (Lipinski definition) is 12. The molecule has 2 N–H and O–H groups in total. The van der Waals surface area contributed by atoms with Crippen LogP contribution >= 0.6 is 47.1 Å². The lowest BCUT2D eigenvalue weighted by Gasteiger charge is -2.31. The van der Waals surface area contributed by atoms with Crippen molar-refractivity contribution in [1.82, 2.24) is 20.2 Å². The standard InChI is InChI=1S/C43H48ClN7O6S2.ClH/c1-26(2)21-35(41(53)54)48-38(52)27(3)51(42(55)57-43(4,5)6)19-20-56-32-15-11-28(12-16-32)36-33(22-45)37(50-17-7-8-18-50)49-40(34(36)23-46)59-25-31-24-58-39(47-31)29-9-13-30(44)14-10-29;/h9-16,24,26-27,35H,7-8,17-21,25H2,1-6H3,(H,48,52)(H,53,54);1H/t27-,35-;/m0./s1. The van der Waals surface area contributed by atoms with E-state index in [1.807, 2.05) is 43.5 Å². The summed E-state index contributed by atoms with van der Waals surface area (Å²) in [5.74, 6) is -0.329. The number of anilines is 1. The zero-order valence-corrected chi connectivity index (χ0v) is 37.6. The van der Waals surface area contributed by atoms with Crippen LogP contribution in [-0.4, -0.2) is 81.9 Å². The smallest absolute Gasteiger partial charge is 0.411 e. The lowest BCUT2D eigenvalue weighted by molar-refractivity contribution is -0.143. The first-order valence-electron chi connectivity index (χ1n) is 19.3. The van der Waals surface area contributed by atoms with Gasteiger partial charge in [-0.15, -0.1) is 23.7 Å². The van der Waals surface area contributed by atoms with Gasteiger partial charge in [-0.2, -0.15) is 10.5 Å². The first-order chi connectivity index (χ1) is 28.1. The molecule has 0 saturated carbocycles. The van der Waals surface area contributed by atoms with Gasteiger partial charge in [-0.05, 0) is 82.7 Å². The monoisotopic (exact) mass is 893 g/mol. The minimum absolute atomic E-state index is 0.